The Labute approximate surface area is 109 Å². The van der Waals surface area contributed by atoms with E-state index in [0.29, 0.717) is 11.5 Å². The second-order valence-corrected chi connectivity index (χ2v) is 4.40. The molecule has 18 heavy (non-hydrogen) atoms. The number of hydrogen-bond acceptors (Lipinski definition) is 4. The molecule has 0 aliphatic rings. The van der Waals surface area contributed by atoms with Gasteiger partial charge in [-0.25, -0.2) is 0 Å². The topological polar surface area (TPSA) is 78.9 Å². The predicted octanol–water partition coefficient (Wildman–Crippen LogP) is 2.02. The van der Waals surface area contributed by atoms with Crippen molar-refractivity contribution in [2.75, 3.05) is 18.0 Å². The first-order valence-corrected chi connectivity index (χ1v) is 6.54. The summed E-state index contributed by atoms with van der Waals surface area (Å²) in [4.78, 5) is 2.15. The fraction of sp³-hybridized carbons (Fsp3) is 0.615. The molecular weight excluding hydrogens is 226 g/mol. The molecule has 1 aromatic rings. The SMILES string of the molecule is CCC(CC)CN(CC)c1nnccc1C(=N)N. The average Bonchev–Trinajstić information content (AvgIpc) is 2.40. The van der Waals surface area contributed by atoms with Crippen molar-refractivity contribution in [3.8, 4) is 0 Å². The maximum absolute atomic E-state index is 7.60. The molecule has 0 saturated carbocycles. The summed E-state index contributed by atoms with van der Waals surface area (Å²) in [5.41, 5.74) is 6.26. The zero-order chi connectivity index (χ0) is 13.5. The maximum atomic E-state index is 7.60. The summed E-state index contributed by atoms with van der Waals surface area (Å²) in [5, 5.41) is 15.7. The van der Waals surface area contributed by atoms with Crippen molar-refractivity contribution < 1.29 is 0 Å². The molecule has 0 saturated heterocycles. The second kappa shape index (κ2) is 6.93. The summed E-state index contributed by atoms with van der Waals surface area (Å²) >= 11 is 0. The van der Waals surface area contributed by atoms with Crippen LogP contribution in [-0.2, 0) is 0 Å². The maximum Gasteiger partial charge on any atom is 0.162 e. The number of nitrogens with one attached hydrogen (secondary N) is 1. The lowest BCUT2D eigenvalue weighted by Crippen LogP contribution is -2.32. The van der Waals surface area contributed by atoms with Crippen molar-refractivity contribution in [1.29, 1.82) is 5.41 Å². The molecule has 0 unspecified atom stereocenters. The molecule has 0 fully saturated rings. The number of aromatic nitrogens is 2. The lowest BCUT2D eigenvalue weighted by molar-refractivity contribution is 0.483. The molecule has 0 atom stereocenters. The quantitative estimate of drug-likeness (QED) is 0.572. The molecule has 0 aromatic carbocycles. The van der Waals surface area contributed by atoms with E-state index in [2.05, 4.69) is 35.9 Å². The standard InChI is InChI=1S/C13H23N5/c1-4-10(5-2)9-18(6-3)13-11(12(14)15)7-8-16-17-13/h7-8,10H,4-6,9H2,1-3H3,(H3,14,15). The van der Waals surface area contributed by atoms with Gasteiger partial charge in [-0.15, -0.1) is 5.10 Å². The van der Waals surface area contributed by atoms with Crippen LogP contribution in [-0.4, -0.2) is 29.1 Å². The molecule has 0 amide bonds. The minimum Gasteiger partial charge on any atom is -0.384 e. The van der Waals surface area contributed by atoms with Crippen molar-refractivity contribution in [3.63, 3.8) is 0 Å². The summed E-state index contributed by atoms with van der Waals surface area (Å²) < 4.78 is 0. The summed E-state index contributed by atoms with van der Waals surface area (Å²) in [6.07, 6.45) is 3.86. The number of rotatable bonds is 7. The number of nitrogens with zero attached hydrogens (tertiary/aromatic N) is 3. The first-order valence-electron chi connectivity index (χ1n) is 6.54. The van der Waals surface area contributed by atoms with Crippen molar-refractivity contribution in [2.45, 2.75) is 33.6 Å². The summed E-state index contributed by atoms with van der Waals surface area (Å²) in [6, 6.07) is 1.75. The van der Waals surface area contributed by atoms with Crippen LogP contribution in [0.3, 0.4) is 0 Å². The van der Waals surface area contributed by atoms with Crippen LogP contribution >= 0.6 is 0 Å². The molecule has 0 aliphatic carbocycles. The zero-order valence-electron chi connectivity index (χ0n) is 11.5. The van der Waals surface area contributed by atoms with Crippen molar-refractivity contribution in [1.82, 2.24) is 10.2 Å². The van der Waals surface area contributed by atoms with E-state index in [1.807, 2.05) is 0 Å². The summed E-state index contributed by atoms with van der Waals surface area (Å²) in [7, 11) is 0. The number of hydrogen-bond donors (Lipinski definition) is 2. The Morgan fingerprint density at radius 2 is 2.06 bits per heavy atom. The molecular formula is C13H23N5. The van der Waals surface area contributed by atoms with Crippen molar-refractivity contribution in [2.24, 2.45) is 11.7 Å². The molecule has 3 N–H and O–H groups in total. The van der Waals surface area contributed by atoms with Crippen LogP contribution in [0.5, 0.6) is 0 Å². The van der Waals surface area contributed by atoms with Crippen LogP contribution in [0.25, 0.3) is 0 Å². The van der Waals surface area contributed by atoms with Crippen LogP contribution in [0.4, 0.5) is 5.82 Å². The molecule has 0 spiro atoms. The van der Waals surface area contributed by atoms with E-state index in [0.717, 1.165) is 31.7 Å². The van der Waals surface area contributed by atoms with Gasteiger partial charge in [-0.1, -0.05) is 26.7 Å². The van der Waals surface area contributed by atoms with Gasteiger partial charge in [0.25, 0.3) is 0 Å². The van der Waals surface area contributed by atoms with Crippen LogP contribution in [0, 0.1) is 11.3 Å². The number of anilines is 1. The van der Waals surface area contributed by atoms with E-state index < -0.39 is 0 Å². The number of nitrogens with two attached hydrogens (primary N) is 1. The van der Waals surface area contributed by atoms with E-state index in [9.17, 15) is 0 Å². The fourth-order valence-corrected chi connectivity index (χ4v) is 1.99. The van der Waals surface area contributed by atoms with Crippen molar-refractivity contribution in [3.05, 3.63) is 17.8 Å². The zero-order valence-corrected chi connectivity index (χ0v) is 11.5. The van der Waals surface area contributed by atoms with E-state index in [4.69, 9.17) is 11.1 Å². The van der Waals surface area contributed by atoms with Gasteiger partial charge in [-0.3, -0.25) is 5.41 Å². The largest absolute Gasteiger partial charge is 0.384 e. The monoisotopic (exact) mass is 249 g/mol. The first-order chi connectivity index (χ1) is 8.63. The Morgan fingerprint density at radius 3 is 2.56 bits per heavy atom. The third-order valence-corrected chi connectivity index (χ3v) is 3.31. The third-order valence-electron chi connectivity index (χ3n) is 3.31. The summed E-state index contributed by atoms with van der Waals surface area (Å²) in [5.74, 6) is 1.40. The van der Waals surface area contributed by atoms with E-state index >= 15 is 0 Å². The van der Waals surface area contributed by atoms with Gasteiger partial charge in [0, 0.05) is 13.1 Å². The van der Waals surface area contributed by atoms with Gasteiger partial charge >= 0.3 is 0 Å². The molecule has 0 radical (unpaired) electrons. The molecule has 0 bridgehead atoms. The Kier molecular flexibility index (Phi) is 5.55. The molecule has 1 heterocycles. The van der Waals surface area contributed by atoms with Crippen LogP contribution in [0.15, 0.2) is 12.3 Å². The van der Waals surface area contributed by atoms with Gasteiger partial charge in [-0.05, 0) is 18.9 Å². The highest BCUT2D eigenvalue weighted by Crippen LogP contribution is 2.19. The molecule has 5 heteroatoms. The fourth-order valence-electron chi connectivity index (χ4n) is 1.99. The third kappa shape index (κ3) is 3.42. The van der Waals surface area contributed by atoms with Gasteiger partial charge in [-0.2, -0.15) is 5.10 Å². The van der Waals surface area contributed by atoms with Gasteiger partial charge in [0.15, 0.2) is 5.82 Å². The van der Waals surface area contributed by atoms with Crippen molar-refractivity contribution >= 4 is 11.7 Å². The predicted molar refractivity (Wildman–Crippen MR) is 75.0 cm³/mol. The highest BCUT2D eigenvalue weighted by molar-refractivity contribution is 5.99. The van der Waals surface area contributed by atoms with Crippen LogP contribution in [0.2, 0.25) is 0 Å². The number of amidine groups is 1. The molecule has 1 aromatic heterocycles. The first kappa shape index (κ1) is 14.4. The van der Waals surface area contributed by atoms with Gasteiger partial charge in [0.2, 0.25) is 0 Å². The van der Waals surface area contributed by atoms with Crippen LogP contribution in [0.1, 0.15) is 39.2 Å². The van der Waals surface area contributed by atoms with Crippen LogP contribution < -0.4 is 10.6 Å². The molecule has 1 rings (SSSR count). The lowest BCUT2D eigenvalue weighted by Gasteiger charge is -2.27. The Balaban J connectivity index is 2.97. The average molecular weight is 249 g/mol. The van der Waals surface area contributed by atoms with E-state index in [-0.39, 0.29) is 5.84 Å². The molecule has 100 valence electrons. The summed E-state index contributed by atoms with van der Waals surface area (Å²) in [6.45, 7) is 8.26. The number of nitrogen functional groups attached to an aromatic ring is 1. The van der Waals surface area contributed by atoms with E-state index in [1.54, 1.807) is 12.3 Å². The Morgan fingerprint density at radius 1 is 1.39 bits per heavy atom. The lowest BCUT2D eigenvalue weighted by atomic mass is 10.0. The minimum absolute atomic E-state index is 0.0443. The van der Waals surface area contributed by atoms with Gasteiger partial charge < -0.3 is 10.6 Å². The second-order valence-electron chi connectivity index (χ2n) is 4.40. The Hall–Kier alpha value is -1.65. The molecule has 5 nitrogen and oxygen atoms in total. The highest BCUT2D eigenvalue weighted by Gasteiger charge is 2.16. The minimum atomic E-state index is 0.0443. The smallest absolute Gasteiger partial charge is 0.162 e. The Bertz CT molecular complexity index is 387. The van der Waals surface area contributed by atoms with Gasteiger partial charge in [0.1, 0.15) is 5.84 Å². The van der Waals surface area contributed by atoms with E-state index in [1.165, 1.54) is 0 Å². The van der Waals surface area contributed by atoms with Gasteiger partial charge in [0.05, 0.1) is 11.8 Å². The normalized spacial score (nSPS) is 10.7. The molecule has 0 aliphatic heterocycles. The highest BCUT2D eigenvalue weighted by atomic mass is 15.3.